The zero-order valence-corrected chi connectivity index (χ0v) is 7.97. The molecule has 12 heavy (non-hydrogen) atoms. The van der Waals surface area contributed by atoms with Crippen molar-refractivity contribution in [3.63, 3.8) is 0 Å². The molecule has 0 saturated heterocycles. The zero-order chi connectivity index (χ0) is 8.81. The van der Waals surface area contributed by atoms with Crippen molar-refractivity contribution >= 4 is 0 Å². The SMILES string of the molecule is C=CC[C@@H]1CCCC[C@@H]1CC=C. The minimum Gasteiger partial charge on any atom is -0.103 e. The van der Waals surface area contributed by atoms with Crippen LogP contribution in [-0.4, -0.2) is 0 Å². The van der Waals surface area contributed by atoms with E-state index in [1.807, 2.05) is 0 Å². The molecule has 0 amide bonds. The highest BCUT2D eigenvalue weighted by atomic mass is 14.3. The predicted molar refractivity (Wildman–Crippen MR) is 55.1 cm³/mol. The molecule has 1 aliphatic carbocycles. The second-order valence-corrected chi connectivity index (χ2v) is 3.85. The monoisotopic (exact) mass is 164 g/mol. The van der Waals surface area contributed by atoms with E-state index in [1.54, 1.807) is 0 Å². The molecule has 0 spiro atoms. The van der Waals surface area contributed by atoms with Gasteiger partial charge in [0, 0.05) is 0 Å². The standard InChI is InChI=1S/C12H20/c1-3-7-11-9-5-6-10-12(11)8-4-2/h3-4,11-12H,1-2,5-10H2/t11-,12+. The summed E-state index contributed by atoms with van der Waals surface area (Å²) in [6.07, 6.45) is 12.2. The highest BCUT2D eigenvalue weighted by Crippen LogP contribution is 2.34. The zero-order valence-electron chi connectivity index (χ0n) is 7.97. The van der Waals surface area contributed by atoms with Crippen molar-refractivity contribution in [3.05, 3.63) is 25.3 Å². The van der Waals surface area contributed by atoms with Crippen molar-refractivity contribution in [3.8, 4) is 0 Å². The molecular formula is C12H20. The molecule has 0 bridgehead atoms. The topological polar surface area (TPSA) is 0 Å². The molecule has 0 N–H and O–H groups in total. The fourth-order valence-electron chi connectivity index (χ4n) is 2.33. The first-order chi connectivity index (χ1) is 5.88. The molecule has 0 aromatic carbocycles. The minimum absolute atomic E-state index is 0.897. The normalized spacial score (nSPS) is 29.7. The highest BCUT2D eigenvalue weighted by Gasteiger charge is 2.22. The fraction of sp³-hybridized carbons (Fsp3) is 0.667. The van der Waals surface area contributed by atoms with Crippen LogP contribution in [0.1, 0.15) is 38.5 Å². The Morgan fingerprint density at radius 3 is 1.67 bits per heavy atom. The maximum atomic E-state index is 3.82. The Morgan fingerprint density at radius 2 is 1.33 bits per heavy atom. The average Bonchev–Trinajstić information content (AvgIpc) is 2.09. The quantitative estimate of drug-likeness (QED) is 0.552. The second kappa shape index (κ2) is 5.18. The van der Waals surface area contributed by atoms with Gasteiger partial charge in [-0.05, 0) is 37.5 Å². The first-order valence-corrected chi connectivity index (χ1v) is 5.10. The van der Waals surface area contributed by atoms with E-state index >= 15 is 0 Å². The first-order valence-electron chi connectivity index (χ1n) is 5.10. The van der Waals surface area contributed by atoms with Crippen molar-refractivity contribution in [2.24, 2.45) is 11.8 Å². The van der Waals surface area contributed by atoms with Gasteiger partial charge in [0.25, 0.3) is 0 Å². The lowest BCUT2D eigenvalue weighted by Gasteiger charge is -2.30. The molecule has 0 aliphatic heterocycles. The maximum absolute atomic E-state index is 3.82. The Kier molecular flexibility index (Phi) is 4.13. The van der Waals surface area contributed by atoms with E-state index < -0.39 is 0 Å². The lowest BCUT2D eigenvalue weighted by Crippen LogP contribution is -2.18. The smallest absolute Gasteiger partial charge is 0.0322 e. The van der Waals surface area contributed by atoms with Crippen molar-refractivity contribution < 1.29 is 0 Å². The summed E-state index contributed by atoms with van der Waals surface area (Å²) in [5.41, 5.74) is 0. The highest BCUT2D eigenvalue weighted by molar-refractivity contribution is 4.85. The summed E-state index contributed by atoms with van der Waals surface area (Å²) in [5, 5.41) is 0. The Hall–Kier alpha value is -0.520. The van der Waals surface area contributed by atoms with Gasteiger partial charge in [-0.25, -0.2) is 0 Å². The number of allylic oxidation sites excluding steroid dienone is 2. The molecule has 1 saturated carbocycles. The van der Waals surface area contributed by atoms with Gasteiger partial charge in [-0.15, -0.1) is 13.2 Å². The summed E-state index contributed by atoms with van der Waals surface area (Å²) < 4.78 is 0. The molecule has 1 fully saturated rings. The lowest BCUT2D eigenvalue weighted by molar-refractivity contribution is 0.241. The van der Waals surface area contributed by atoms with Crippen molar-refractivity contribution in [2.75, 3.05) is 0 Å². The second-order valence-electron chi connectivity index (χ2n) is 3.85. The Labute approximate surface area is 76.4 Å². The molecule has 0 heterocycles. The number of rotatable bonds is 4. The van der Waals surface area contributed by atoms with Crippen LogP contribution in [0.25, 0.3) is 0 Å². The third-order valence-electron chi connectivity index (χ3n) is 3.01. The van der Waals surface area contributed by atoms with Gasteiger partial charge in [0.2, 0.25) is 0 Å². The van der Waals surface area contributed by atoms with E-state index in [2.05, 4.69) is 25.3 Å². The molecule has 0 nitrogen and oxygen atoms in total. The summed E-state index contributed by atoms with van der Waals surface area (Å²) in [6.45, 7) is 7.65. The summed E-state index contributed by atoms with van der Waals surface area (Å²) in [5.74, 6) is 1.79. The van der Waals surface area contributed by atoms with Crippen LogP contribution in [0.3, 0.4) is 0 Å². The van der Waals surface area contributed by atoms with Gasteiger partial charge in [-0.3, -0.25) is 0 Å². The molecule has 0 radical (unpaired) electrons. The average molecular weight is 164 g/mol. The van der Waals surface area contributed by atoms with E-state index in [0.29, 0.717) is 0 Å². The van der Waals surface area contributed by atoms with Gasteiger partial charge < -0.3 is 0 Å². The molecule has 1 aliphatic rings. The van der Waals surface area contributed by atoms with Gasteiger partial charge >= 0.3 is 0 Å². The third-order valence-corrected chi connectivity index (χ3v) is 3.01. The number of hydrogen-bond donors (Lipinski definition) is 0. The summed E-state index contributed by atoms with van der Waals surface area (Å²) in [7, 11) is 0. The van der Waals surface area contributed by atoms with Crippen LogP contribution in [0.5, 0.6) is 0 Å². The van der Waals surface area contributed by atoms with Gasteiger partial charge in [-0.2, -0.15) is 0 Å². The lowest BCUT2D eigenvalue weighted by atomic mass is 9.76. The van der Waals surface area contributed by atoms with Crippen LogP contribution in [0, 0.1) is 11.8 Å². The Bertz CT molecular complexity index is 128. The summed E-state index contributed by atoms with van der Waals surface area (Å²) >= 11 is 0. The fourth-order valence-corrected chi connectivity index (χ4v) is 2.33. The van der Waals surface area contributed by atoms with Crippen molar-refractivity contribution in [1.82, 2.24) is 0 Å². The van der Waals surface area contributed by atoms with Crippen LogP contribution in [-0.2, 0) is 0 Å². The number of hydrogen-bond acceptors (Lipinski definition) is 0. The van der Waals surface area contributed by atoms with Crippen LogP contribution in [0.15, 0.2) is 25.3 Å². The molecule has 0 aromatic rings. The van der Waals surface area contributed by atoms with Gasteiger partial charge in [0.05, 0.1) is 0 Å². The van der Waals surface area contributed by atoms with Crippen LogP contribution in [0.4, 0.5) is 0 Å². The van der Waals surface area contributed by atoms with Crippen LogP contribution < -0.4 is 0 Å². The molecule has 1 rings (SSSR count). The summed E-state index contributed by atoms with van der Waals surface area (Å²) in [6, 6.07) is 0. The Morgan fingerprint density at radius 1 is 0.917 bits per heavy atom. The Balaban J connectivity index is 2.41. The third kappa shape index (κ3) is 2.51. The molecule has 0 heteroatoms. The minimum atomic E-state index is 0.897. The van der Waals surface area contributed by atoms with Crippen molar-refractivity contribution in [1.29, 1.82) is 0 Å². The van der Waals surface area contributed by atoms with E-state index in [4.69, 9.17) is 0 Å². The van der Waals surface area contributed by atoms with Gasteiger partial charge in [0.1, 0.15) is 0 Å². The van der Waals surface area contributed by atoms with E-state index in [9.17, 15) is 0 Å². The molecule has 68 valence electrons. The molecule has 0 aromatic heterocycles. The summed E-state index contributed by atoms with van der Waals surface area (Å²) in [4.78, 5) is 0. The largest absolute Gasteiger partial charge is 0.103 e. The van der Waals surface area contributed by atoms with E-state index in [0.717, 1.165) is 11.8 Å². The van der Waals surface area contributed by atoms with Crippen LogP contribution in [0.2, 0.25) is 0 Å². The predicted octanol–water partition coefficient (Wildman–Crippen LogP) is 3.95. The molecule has 2 atom stereocenters. The van der Waals surface area contributed by atoms with E-state index in [-0.39, 0.29) is 0 Å². The molecular weight excluding hydrogens is 144 g/mol. The van der Waals surface area contributed by atoms with E-state index in [1.165, 1.54) is 38.5 Å². The maximum Gasteiger partial charge on any atom is -0.0322 e. The van der Waals surface area contributed by atoms with Gasteiger partial charge in [-0.1, -0.05) is 25.0 Å². The first kappa shape index (κ1) is 9.57. The van der Waals surface area contributed by atoms with Gasteiger partial charge in [0.15, 0.2) is 0 Å². The van der Waals surface area contributed by atoms with Crippen LogP contribution >= 0.6 is 0 Å². The van der Waals surface area contributed by atoms with Crippen molar-refractivity contribution in [2.45, 2.75) is 38.5 Å². The molecule has 0 unspecified atom stereocenters.